The van der Waals surface area contributed by atoms with Crippen LogP contribution in [-0.2, 0) is 24.6 Å². The zero-order valence-corrected chi connectivity index (χ0v) is 19.9. The number of piperidine rings is 1. The summed E-state index contributed by atoms with van der Waals surface area (Å²) in [5, 5.41) is 7.75. The van der Waals surface area contributed by atoms with Crippen molar-refractivity contribution in [2.24, 2.45) is 13.0 Å². The van der Waals surface area contributed by atoms with Gasteiger partial charge in [0, 0.05) is 37.5 Å². The maximum atomic E-state index is 14.9. The first kappa shape index (κ1) is 25.6. The van der Waals surface area contributed by atoms with Gasteiger partial charge in [-0.2, -0.15) is 22.0 Å². The van der Waals surface area contributed by atoms with Crippen LogP contribution in [0.15, 0.2) is 54.6 Å². The number of rotatable bonds is 7. The fraction of sp³-hybridized carbons (Fsp3) is 0.440. The average molecular weight is 513 g/mol. The Morgan fingerprint density at radius 3 is 2.31 bits per heavy atom. The van der Waals surface area contributed by atoms with Gasteiger partial charge in [0.05, 0.1) is 5.56 Å². The monoisotopic (exact) mass is 512 g/mol. The van der Waals surface area contributed by atoms with Gasteiger partial charge in [0.1, 0.15) is 0 Å². The molecule has 4 nitrogen and oxygen atoms in total. The normalized spacial score (nSPS) is 22.1. The van der Waals surface area contributed by atoms with Crippen LogP contribution in [0.1, 0.15) is 36.2 Å². The molecule has 1 aromatic heterocycles. The van der Waals surface area contributed by atoms with Gasteiger partial charge in [-0.25, -0.2) is 0 Å². The van der Waals surface area contributed by atoms with Gasteiger partial charge < -0.3 is 9.47 Å². The fourth-order valence-corrected chi connectivity index (χ4v) is 5.32. The fourth-order valence-electron chi connectivity index (χ4n) is 5.32. The molecule has 2 atom stereocenters. The molecule has 1 aliphatic carbocycles. The van der Waals surface area contributed by atoms with E-state index in [0.717, 1.165) is 36.2 Å². The van der Waals surface area contributed by atoms with E-state index >= 15 is 0 Å². The summed E-state index contributed by atoms with van der Waals surface area (Å²) in [5.74, 6) is -2.69. The van der Waals surface area contributed by atoms with Crippen molar-refractivity contribution in [1.82, 2.24) is 19.7 Å². The third-order valence-corrected chi connectivity index (χ3v) is 7.20. The predicted molar refractivity (Wildman–Crippen MR) is 124 cm³/mol. The van der Waals surface area contributed by atoms with Gasteiger partial charge in [-0.15, -0.1) is 22.6 Å². The topological polar surface area (TPSA) is 34.0 Å². The molecule has 0 bridgehead atoms. The molecular weight excluding hydrogens is 487 g/mol. The zero-order valence-electron chi connectivity index (χ0n) is 19.1. The highest BCUT2D eigenvalue weighted by Gasteiger charge is 2.60. The summed E-state index contributed by atoms with van der Waals surface area (Å²) in [6.07, 6.45) is -3.47. The number of fused-ring (bicyclic) bond motifs is 1. The summed E-state index contributed by atoms with van der Waals surface area (Å²) in [7, 11) is 1.55. The van der Waals surface area contributed by atoms with Crippen LogP contribution in [0.4, 0.5) is 22.0 Å². The van der Waals surface area contributed by atoms with Crippen molar-refractivity contribution in [3.8, 4) is 11.4 Å². The lowest BCUT2D eigenvalue weighted by molar-refractivity contribution is -0.137. The second kappa shape index (κ2) is 9.17. The standard InChI is InChI=1S/C25H25F5N4.ClH/c1-33-21(17-6-3-2-4-7-17)31-32-22(33)24(26,27)12-5-13-34-15-20-14-23(20,16-34)18-8-10-19(11-9-18)25(28,29)30;/h2-4,6-11,20H,5,12-16H2,1H3;1H/t20-,23+;/m0./s1. The Morgan fingerprint density at radius 2 is 1.66 bits per heavy atom. The number of hydrogen-bond donors (Lipinski definition) is 0. The number of halogens is 6. The van der Waals surface area contributed by atoms with Crippen LogP contribution in [0.5, 0.6) is 0 Å². The van der Waals surface area contributed by atoms with Crippen LogP contribution < -0.4 is 0 Å². The molecule has 1 aliphatic heterocycles. The Bertz CT molecular complexity index is 1160. The Kier molecular flexibility index (Phi) is 6.70. The Balaban J connectivity index is 0.00000289. The molecule has 2 heterocycles. The van der Waals surface area contributed by atoms with Gasteiger partial charge in [-0.1, -0.05) is 42.5 Å². The van der Waals surface area contributed by atoms with Gasteiger partial charge in [0.15, 0.2) is 5.82 Å². The highest BCUT2D eigenvalue weighted by atomic mass is 35.5. The van der Waals surface area contributed by atoms with Crippen molar-refractivity contribution >= 4 is 12.4 Å². The van der Waals surface area contributed by atoms with E-state index in [9.17, 15) is 22.0 Å². The Morgan fingerprint density at radius 1 is 0.971 bits per heavy atom. The lowest BCUT2D eigenvalue weighted by Gasteiger charge is -2.22. The number of alkyl halides is 5. The molecule has 10 heteroatoms. The lowest BCUT2D eigenvalue weighted by atomic mass is 9.94. The maximum absolute atomic E-state index is 14.9. The highest BCUT2D eigenvalue weighted by molar-refractivity contribution is 5.85. The van der Waals surface area contributed by atoms with Gasteiger partial charge in [-0.05, 0) is 43.0 Å². The number of likely N-dealkylation sites (tertiary alicyclic amines) is 1. The van der Waals surface area contributed by atoms with Crippen LogP contribution in [0.3, 0.4) is 0 Å². The first-order valence-electron chi connectivity index (χ1n) is 11.3. The van der Waals surface area contributed by atoms with E-state index < -0.39 is 17.7 Å². The smallest absolute Gasteiger partial charge is 0.309 e. The van der Waals surface area contributed by atoms with E-state index in [-0.39, 0.29) is 36.5 Å². The number of aromatic nitrogens is 3. The van der Waals surface area contributed by atoms with Crippen LogP contribution in [0.2, 0.25) is 0 Å². The summed E-state index contributed by atoms with van der Waals surface area (Å²) in [6.45, 7) is 1.99. The average Bonchev–Trinajstić information content (AvgIpc) is 3.15. The van der Waals surface area contributed by atoms with Crippen molar-refractivity contribution in [3.05, 3.63) is 71.5 Å². The maximum Gasteiger partial charge on any atom is 0.416 e. The molecule has 2 aromatic carbocycles. The molecule has 3 aromatic rings. The summed E-state index contributed by atoms with van der Waals surface area (Å²) in [5.41, 5.74) is 0.845. The summed E-state index contributed by atoms with van der Waals surface area (Å²) < 4.78 is 69.8. The molecule has 1 saturated carbocycles. The van der Waals surface area contributed by atoms with Crippen molar-refractivity contribution in [2.75, 3.05) is 19.6 Å². The van der Waals surface area contributed by atoms with Crippen molar-refractivity contribution in [1.29, 1.82) is 0 Å². The third-order valence-electron chi connectivity index (χ3n) is 7.20. The zero-order chi connectivity index (χ0) is 24.1. The summed E-state index contributed by atoms with van der Waals surface area (Å²) >= 11 is 0. The minimum absolute atomic E-state index is 0. The number of benzene rings is 2. The highest BCUT2D eigenvalue weighted by Crippen LogP contribution is 2.59. The molecule has 0 radical (unpaired) electrons. The van der Waals surface area contributed by atoms with Gasteiger partial charge in [-0.3, -0.25) is 0 Å². The first-order valence-corrected chi connectivity index (χ1v) is 11.3. The quantitative estimate of drug-likeness (QED) is 0.360. The Hall–Kier alpha value is -2.52. The number of hydrogen-bond acceptors (Lipinski definition) is 3. The van der Waals surface area contributed by atoms with Crippen molar-refractivity contribution in [2.45, 2.75) is 36.8 Å². The molecule has 2 fully saturated rings. The predicted octanol–water partition coefficient (Wildman–Crippen LogP) is 6.07. The van der Waals surface area contributed by atoms with Crippen molar-refractivity contribution < 1.29 is 22.0 Å². The SMILES string of the molecule is Cl.Cn1c(-c2ccccc2)nnc1C(F)(F)CCCN1C[C@@H]2C[C@]2(c2ccc(C(F)(F)F)cc2)C1. The van der Waals surface area contributed by atoms with Gasteiger partial charge in [0.2, 0.25) is 5.82 Å². The summed E-state index contributed by atoms with van der Waals surface area (Å²) in [4.78, 5) is 2.15. The van der Waals surface area contributed by atoms with Crippen LogP contribution in [-0.4, -0.2) is 39.3 Å². The minimum atomic E-state index is -4.35. The van der Waals surface area contributed by atoms with E-state index in [1.165, 1.54) is 4.57 Å². The van der Waals surface area contributed by atoms with Gasteiger partial charge in [0.25, 0.3) is 0 Å². The molecule has 5 rings (SSSR count). The van der Waals surface area contributed by atoms with E-state index in [0.29, 0.717) is 24.8 Å². The van der Waals surface area contributed by atoms with E-state index in [2.05, 4.69) is 15.1 Å². The molecule has 1 saturated heterocycles. The number of nitrogens with zero attached hydrogens (tertiary/aromatic N) is 4. The molecule has 188 valence electrons. The van der Waals surface area contributed by atoms with E-state index in [1.807, 2.05) is 18.2 Å². The molecule has 0 unspecified atom stereocenters. The molecule has 2 aliphatic rings. The second-order valence-corrected chi connectivity index (χ2v) is 9.45. The molecule has 0 amide bonds. The Labute approximate surface area is 206 Å². The lowest BCUT2D eigenvalue weighted by Crippen LogP contribution is -2.29. The molecule has 35 heavy (non-hydrogen) atoms. The van der Waals surface area contributed by atoms with Crippen molar-refractivity contribution in [3.63, 3.8) is 0 Å². The first-order chi connectivity index (χ1) is 16.1. The third kappa shape index (κ3) is 4.80. The second-order valence-electron chi connectivity index (χ2n) is 9.45. The molecular formula is C25H26ClF5N4. The van der Waals surface area contributed by atoms with Crippen LogP contribution >= 0.6 is 12.4 Å². The minimum Gasteiger partial charge on any atom is -0.309 e. The largest absolute Gasteiger partial charge is 0.416 e. The van der Waals surface area contributed by atoms with Crippen LogP contribution in [0.25, 0.3) is 11.4 Å². The van der Waals surface area contributed by atoms with Gasteiger partial charge >= 0.3 is 12.1 Å². The van der Waals surface area contributed by atoms with Crippen LogP contribution in [0, 0.1) is 5.92 Å². The van der Waals surface area contributed by atoms with E-state index in [1.54, 1.807) is 31.3 Å². The summed E-state index contributed by atoms with van der Waals surface area (Å²) in [6, 6.07) is 14.5. The van der Waals surface area contributed by atoms with E-state index in [4.69, 9.17) is 0 Å². The molecule has 0 N–H and O–H groups in total. The molecule has 0 spiro atoms.